The number of amides is 2. The maximum Gasteiger partial charge on any atom is 0.244 e. The van der Waals surface area contributed by atoms with Crippen molar-refractivity contribution < 1.29 is 27.5 Å². The minimum atomic E-state index is -3.96. The van der Waals surface area contributed by atoms with Gasteiger partial charge in [0.1, 0.15) is 24.1 Å². The molecule has 0 aromatic heterocycles. The SMILES string of the molecule is COc1ccc(OC)c(N(CC(=O)N(Cc2ccc(Br)cc2)C(Cc2ccccc2)C(=O)NC2CCCC2)S(C)(=O)=O)c1. The number of hydrogen-bond donors (Lipinski definition) is 1. The quantitative estimate of drug-likeness (QED) is 0.276. The summed E-state index contributed by atoms with van der Waals surface area (Å²) < 4.78 is 39.0. The number of benzene rings is 3. The van der Waals surface area contributed by atoms with Gasteiger partial charge in [-0.2, -0.15) is 0 Å². The van der Waals surface area contributed by atoms with Gasteiger partial charge in [0, 0.05) is 29.5 Å². The minimum absolute atomic E-state index is 0.0453. The van der Waals surface area contributed by atoms with Gasteiger partial charge in [-0.1, -0.05) is 71.2 Å². The molecule has 0 heterocycles. The van der Waals surface area contributed by atoms with Crippen LogP contribution in [0.25, 0.3) is 0 Å². The Bertz CT molecular complexity index is 1500. The molecule has 1 atom stereocenters. The summed E-state index contributed by atoms with van der Waals surface area (Å²) in [5.74, 6) is -0.119. The van der Waals surface area contributed by atoms with Crippen LogP contribution in [0.3, 0.4) is 0 Å². The molecule has 1 aliphatic rings. The zero-order valence-corrected chi connectivity index (χ0v) is 27.1. The molecule has 1 fully saturated rings. The second kappa shape index (κ2) is 14.7. The third kappa shape index (κ3) is 8.73. The molecule has 0 bridgehead atoms. The highest BCUT2D eigenvalue weighted by molar-refractivity contribution is 9.10. The fraction of sp³-hybridized carbons (Fsp3) is 0.375. The van der Waals surface area contributed by atoms with Crippen LogP contribution in [-0.4, -0.2) is 64.2 Å². The van der Waals surface area contributed by atoms with Gasteiger partial charge in [-0.25, -0.2) is 8.42 Å². The second-order valence-corrected chi connectivity index (χ2v) is 13.5. The van der Waals surface area contributed by atoms with Gasteiger partial charge in [0.25, 0.3) is 0 Å². The van der Waals surface area contributed by atoms with E-state index in [2.05, 4.69) is 21.2 Å². The second-order valence-electron chi connectivity index (χ2n) is 10.7. The number of ether oxygens (including phenoxy) is 2. The number of sulfonamides is 1. The summed E-state index contributed by atoms with van der Waals surface area (Å²) in [6.07, 6.45) is 5.17. The molecule has 9 nitrogen and oxygen atoms in total. The molecule has 1 aliphatic carbocycles. The van der Waals surface area contributed by atoms with E-state index < -0.39 is 28.5 Å². The molecule has 230 valence electrons. The number of halogens is 1. The number of rotatable bonds is 13. The maximum atomic E-state index is 14.3. The molecule has 3 aromatic carbocycles. The lowest BCUT2D eigenvalue weighted by atomic mass is 10.0. The summed E-state index contributed by atoms with van der Waals surface area (Å²) in [4.78, 5) is 29.8. The van der Waals surface area contributed by atoms with E-state index in [4.69, 9.17) is 9.47 Å². The van der Waals surface area contributed by atoms with Gasteiger partial charge in [-0.15, -0.1) is 0 Å². The lowest BCUT2D eigenvalue weighted by molar-refractivity contribution is -0.140. The fourth-order valence-corrected chi connectivity index (χ4v) is 6.40. The Labute approximate surface area is 262 Å². The van der Waals surface area contributed by atoms with Crippen LogP contribution in [0, 0.1) is 0 Å². The monoisotopic (exact) mass is 671 g/mol. The average Bonchev–Trinajstić information content (AvgIpc) is 3.51. The third-order valence-electron chi connectivity index (χ3n) is 7.57. The number of nitrogens with zero attached hydrogens (tertiary/aromatic N) is 2. The first-order chi connectivity index (χ1) is 20.6. The average molecular weight is 673 g/mol. The van der Waals surface area contributed by atoms with E-state index in [1.165, 1.54) is 25.2 Å². The topological polar surface area (TPSA) is 105 Å². The van der Waals surface area contributed by atoms with Crippen molar-refractivity contribution in [2.75, 3.05) is 31.3 Å². The van der Waals surface area contributed by atoms with E-state index in [-0.39, 0.29) is 36.4 Å². The first-order valence-electron chi connectivity index (χ1n) is 14.2. The van der Waals surface area contributed by atoms with Crippen LogP contribution in [0.4, 0.5) is 5.69 Å². The Hall–Kier alpha value is -3.57. The van der Waals surface area contributed by atoms with Crippen molar-refractivity contribution in [2.45, 2.75) is 50.7 Å². The van der Waals surface area contributed by atoms with Crippen molar-refractivity contribution in [1.82, 2.24) is 10.2 Å². The van der Waals surface area contributed by atoms with Crippen molar-refractivity contribution >= 4 is 43.5 Å². The predicted molar refractivity (Wildman–Crippen MR) is 171 cm³/mol. The maximum absolute atomic E-state index is 14.3. The fourth-order valence-electron chi connectivity index (χ4n) is 5.29. The van der Waals surface area contributed by atoms with Gasteiger partial charge in [0.15, 0.2) is 0 Å². The molecule has 0 saturated heterocycles. The molecule has 1 unspecified atom stereocenters. The Balaban J connectivity index is 1.76. The first-order valence-corrected chi connectivity index (χ1v) is 16.8. The van der Waals surface area contributed by atoms with Crippen LogP contribution in [0.5, 0.6) is 11.5 Å². The number of methoxy groups -OCH3 is 2. The van der Waals surface area contributed by atoms with Gasteiger partial charge in [-0.05, 0) is 48.2 Å². The van der Waals surface area contributed by atoms with Crippen LogP contribution in [0.1, 0.15) is 36.8 Å². The van der Waals surface area contributed by atoms with Gasteiger partial charge >= 0.3 is 0 Å². The highest BCUT2D eigenvalue weighted by Crippen LogP contribution is 2.34. The van der Waals surface area contributed by atoms with E-state index >= 15 is 0 Å². The van der Waals surface area contributed by atoms with Crippen LogP contribution >= 0.6 is 15.9 Å². The van der Waals surface area contributed by atoms with Crippen LogP contribution in [-0.2, 0) is 32.6 Å². The molecule has 3 aromatic rings. The zero-order chi connectivity index (χ0) is 31.0. The molecular formula is C32H38BrN3O6S. The molecule has 0 spiro atoms. The molecule has 4 rings (SSSR count). The van der Waals surface area contributed by atoms with Crippen LogP contribution < -0.4 is 19.1 Å². The van der Waals surface area contributed by atoms with E-state index in [0.717, 1.165) is 51.8 Å². The third-order valence-corrected chi connectivity index (χ3v) is 9.23. The van der Waals surface area contributed by atoms with Crippen molar-refractivity contribution in [3.8, 4) is 11.5 Å². The van der Waals surface area contributed by atoms with Crippen molar-refractivity contribution in [3.63, 3.8) is 0 Å². The normalized spacial score (nSPS) is 14.1. The highest BCUT2D eigenvalue weighted by Gasteiger charge is 2.35. The minimum Gasteiger partial charge on any atom is -0.497 e. The largest absolute Gasteiger partial charge is 0.497 e. The van der Waals surface area contributed by atoms with E-state index in [1.54, 1.807) is 12.1 Å². The molecule has 1 saturated carbocycles. The van der Waals surface area contributed by atoms with E-state index in [0.29, 0.717) is 5.75 Å². The summed E-state index contributed by atoms with van der Waals surface area (Å²) in [6, 6.07) is 20.9. The summed E-state index contributed by atoms with van der Waals surface area (Å²) in [7, 11) is -1.06. The lowest BCUT2D eigenvalue weighted by Crippen LogP contribution is -2.54. The highest BCUT2D eigenvalue weighted by atomic mass is 79.9. The van der Waals surface area contributed by atoms with Gasteiger partial charge in [-0.3, -0.25) is 13.9 Å². The first kappa shape index (κ1) is 32.3. The molecule has 0 radical (unpaired) electrons. The van der Waals surface area contributed by atoms with Crippen molar-refractivity contribution in [1.29, 1.82) is 0 Å². The van der Waals surface area contributed by atoms with Crippen molar-refractivity contribution in [2.24, 2.45) is 0 Å². The Kier molecular flexibility index (Phi) is 11.1. The smallest absolute Gasteiger partial charge is 0.244 e. The van der Waals surface area contributed by atoms with Crippen molar-refractivity contribution in [3.05, 3.63) is 88.4 Å². The number of carbonyl (C=O) groups excluding carboxylic acids is 2. The molecular weight excluding hydrogens is 634 g/mol. The molecule has 2 amide bonds. The molecule has 43 heavy (non-hydrogen) atoms. The molecule has 0 aliphatic heterocycles. The summed E-state index contributed by atoms with van der Waals surface area (Å²) in [5, 5.41) is 3.17. The number of carbonyl (C=O) groups is 2. The number of nitrogens with one attached hydrogen (secondary N) is 1. The van der Waals surface area contributed by atoms with Crippen LogP contribution in [0.2, 0.25) is 0 Å². The summed E-state index contributed by atoms with van der Waals surface area (Å²) in [5.41, 5.74) is 1.85. The lowest BCUT2D eigenvalue weighted by Gasteiger charge is -2.34. The number of hydrogen-bond acceptors (Lipinski definition) is 6. The van der Waals surface area contributed by atoms with Gasteiger partial charge in [0.05, 0.1) is 26.2 Å². The standard InChI is InChI=1S/C32H38BrN3O6S/c1-41-27-17-18-30(42-2)28(20-27)36(43(3,39)40)22-31(37)35(21-24-13-15-25(33)16-14-24)29(19-23-9-5-4-6-10-23)32(38)34-26-11-7-8-12-26/h4-6,9-10,13-18,20,26,29H,7-8,11-12,19,21-22H2,1-3H3,(H,34,38). The Morgan fingerprint density at radius 2 is 1.63 bits per heavy atom. The predicted octanol–water partition coefficient (Wildman–Crippen LogP) is 4.93. The van der Waals surface area contributed by atoms with Gasteiger partial charge < -0.3 is 19.7 Å². The van der Waals surface area contributed by atoms with E-state index in [1.807, 2.05) is 54.6 Å². The molecule has 11 heteroatoms. The van der Waals surface area contributed by atoms with E-state index in [9.17, 15) is 18.0 Å². The van der Waals surface area contributed by atoms with Crippen LogP contribution in [0.15, 0.2) is 77.3 Å². The Morgan fingerprint density at radius 3 is 2.23 bits per heavy atom. The molecule has 1 N–H and O–H groups in total. The van der Waals surface area contributed by atoms with Gasteiger partial charge in [0.2, 0.25) is 21.8 Å². The summed E-state index contributed by atoms with van der Waals surface area (Å²) in [6.45, 7) is -0.435. The Morgan fingerprint density at radius 1 is 0.953 bits per heavy atom. The number of anilines is 1. The summed E-state index contributed by atoms with van der Waals surface area (Å²) >= 11 is 3.45. The zero-order valence-electron chi connectivity index (χ0n) is 24.7.